The molecule has 0 fully saturated rings. The van der Waals surface area contributed by atoms with Crippen molar-refractivity contribution in [2.24, 2.45) is 0 Å². The van der Waals surface area contributed by atoms with Gasteiger partial charge in [-0.15, -0.1) is 0 Å². The van der Waals surface area contributed by atoms with Crippen LogP contribution < -0.4 is 18.9 Å². The normalized spacial score (nSPS) is 13.4. The Morgan fingerprint density at radius 3 is 1.29 bits per heavy atom. The summed E-state index contributed by atoms with van der Waals surface area (Å²) >= 11 is 2.96. The average molecular weight is 1480 g/mol. The van der Waals surface area contributed by atoms with Gasteiger partial charge in [-0.05, 0) is 73.9 Å². The second-order valence-corrected chi connectivity index (χ2v) is 34.7. The van der Waals surface area contributed by atoms with Gasteiger partial charge in [-0.3, -0.25) is 14.4 Å². The number of carbonyl (C=O) groups is 3. The van der Waals surface area contributed by atoms with Crippen LogP contribution in [0.4, 0.5) is 69.7 Å². The number of hydrogen-bond donors (Lipinski definition) is 4. The maximum Gasteiger partial charge on any atom is 1.00 e. The number of ketones is 3. The minimum atomic E-state index is -4.74. The van der Waals surface area contributed by atoms with E-state index in [1.165, 1.54) is 97.4 Å². The first-order valence-corrected chi connectivity index (χ1v) is 36.8. The van der Waals surface area contributed by atoms with Crippen molar-refractivity contribution in [2.75, 3.05) is 5.33 Å². The SMILES string of the molecule is C.C[Si](C)(C)[N-][Si](C)(C)C.Fc1cccc2[nH]cnc12.[C-]#[N+]c1ccc(CC(=O)[C@@](C)(O)CBr)cc1C(F)(F)F.[C-]#[N+]c1ccc(CC(=O)[C@@](C)(O)Cn2cnc3c(F)cccc32)cc1C(F)(F)F.[C-]#[N+]c1ccc(CC(=O)[C@@](C)(O)Cn2cnc3cccc(F)c32)cc1C(F)(F)F.[Li+]. The van der Waals surface area contributed by atoms with Crippen LogP contribution in [0, 0.1) is 37.2 Å². The minimum Gasteiger partial charge on any atom is -0.668 e. The van der Waals surface area contributed by atoms with Gasteiger partial charge in [0, 0.05) is 24.6 Å². The number of nitrogens with one attached hydrogen (secondary N) is 1. The number of alkyl halides is 10. The first kappa shape index (κ1) is 84.9. The number of nitrogens with zero attached hydrogens (tertiary/aromatic N) is 9. The maximum absolute atomic E-state index is 14.1. The van der Waals surface area contributed by atoms with Gasteiger partial charge < -0.3 is 34.1 Å². The summed E-state index contributed by atoms with van der Waals surface area (Å²) in [5.74, 6) is -3.48. The standard InChI is InChI=1S/2C20H15F4N3O2.C13H11BrF3NO2.C7H5FN2.C6H18NSi2.CH4.Li/c1-19(29,10-27-11-26-18-14(21)4-3-5-16(18)27)17(28)9-12-6-7-15(25-2)13(8-12)20(22,23)24;1-19(29,10-27-11-26-16-5-3-4-14(21)18(16)27)17(28)9-12-6-7-15(25-2)13(8-12)20(22,23)24;1-12(20,7-14)11(19)6-8-3-4-10(18-2)9(5-8)13(15,16)17;8-5-2-1-3-6-7(5)10-4-9-6;1-8(2,3)7-9(4,5)6;;/h2*3-8,11,29H,9-10H2,1H3;3-5,20H,6-7H2,1H3;1-4H,(H,9,10);1-6H3;1H4;/q;;;;-1;;+1/t2*19-;12-;;;;/m000..../s1. The average Bonchev–Trinajstić information content (AvgIpc) is 1.78. The minimum absolute atomic E-state index is 0. The number of imidazole rings is 3. The molecule has 0 saturated carbocycles. The Balaban J connectivity index is 0.000000341. The number of halogens is 13. The number of fused-ring (bicyclic) bond motifs is 3. The van der Waals surface area contributed by atoms with Gasteiger partial charge in [0.2, 0.25) is 0 Å². The van der Waals surface area contributed by atoms with Crippen molar-refractivity contribution in [1.82, 2.24) is 29.1 Å². The topological polar surface area (TPSA) is 203 Å². The van der Waals surface area contributed by atoms with Crippen LogP contribution in [-0.2, 0) is 65.3 Å². The van der Waals surface area contributed by atoms with E-state index in [-0.39, 0.29) is 84.7 Å². The van der Waals surface area contributed by atoms with Gasteiger partial charge in [-0.2, -0.15) is 39.5 Å². The fourth-order valence-electron chi connectivity index (χ4n) is 9.41. The third kappa shape index (κ3) is 24.0. The molecule has 0 aliphatic rings. The van der Waals surface area contributed by atoms with Gasteiger partial charge in [-0.1, -0.05) is 152 Å². The number of rotatable bonds is 16. The van der Waals surface area contributed by atoms with Gasteiger partial charge >= 0.3 is 37.4 Å². The summed E-state index contributed by atoms with van der Waals surface area (Å²) in [6, 6.07) is 22.4. The largest absolute Gasteiger partial charge is 1.00 e. The second-order valence-electron chi connectivity index (χ2n) is 24.6. The molecular weight excluding hydrogens is 1410 g/mol. The number of H-pyrrole nitrogens is 1. The molecule has 9 aromatic rings. The Hall–Kier alpha value is -8.28. The fourth-order valence-corrected chi connectivity index (χ4v) is 17.8. The van der Waals surface area contributed by atoms with E-state index in [2.05, 4.69) is 89.7 Å². The monoisotopic (exact) mass is 1480 g/mol. The number of carbonyl (C=O) groups excluding carboxylic acids is 3. The molecule has 522 valence electrons. The Labute approximate surface area is 585 Å². The second kappa shape index (κ2) is 34.2. The fraction of sp³-hybridized carbons (Fsp3) is 0.328. The first-order valence-electron chi connectivity index (χ1n) is 28.8. The van der Waals surface area contributed by atoms with Crippen molar-refractivity contribution in [3.05, 3.63) is 218 Å². The molecular formula is C67H68BrF12LiN10O6Si2. The van der Waals surface area contributed by atoms with Gasteiger partial charge in [0.1, 0.15) is 39.2 Å². The molecule has 6 aromatic carbocycles. The van der Waals surface area contributed by atoms with Crippen molar-refractivity contribution in [3.8, 4) is 0 Å². The zero-order valence-electron chi connectivity index (χ0n) is 54.4. The third-order valence-corrected chi connectivity index (χ3v) is 20.3. The first-order chi connectivity index (χ1) is 44.7. The molecule has 9 rings (SSSR count). The van der Waals surface area contributed by atoms with E-state index in [9.17, 15) is 82.4 Å². The van der Waals surface area contributed by atoms with Crippen LogP contribution in [0.3, 0.4) is 0 Å². The summed E-state index contributed by atoms with van der Waals surface area (Å²) in [6.07, 6.45) is -11.4. The summed E-state index contributed by atoms with van der Waals surface area (Å²) in [6.45, 7) is 37.3. The molecule has 0 bridgehead atoms. The molecule has 3 heterocycles. The molecule has 99 heavy (non-hydrogen) atoms. The summed E-state index contributed by atoms with van der Waals surface area (Å²) < 4.78 is 165. The van der Waals surface area contributed by atoms with E-state index < -0.39 is 127 Å². The molecule has 0 radical (unpaired) electrons. The number of para-hydroxylation sites is 3. The van der Waals surface area contributed by atoms with E-state index in [0.717, 1.165) is 41.9 Å². The van der Waals surface area contributed by atoms with Crippen LogP contribution in [0.1, 0.15) is 61.6 Å². The van der Waals surface area contributed by atoms with Crippen molar-refractivity contribution in [1.29, 1.82) is 0 Å². The van der Waals surface area contributed by atoms with Crippen molar-refractivity contribution >= 4 is 99.9 Å². The number of aromatic nitrogens is 6. The van der Waals surface area contributed by atoms with E-state index in [1.807, 2.05) is 0 Å². The van der Waals surface area contributed by atoms with Crippen LogP contribution >= 0.6 is 15.9 Å². The summed E-state index contributed by atoms with van der Waals surface area (Å²) in [4.78, 5) is 59.9. The molecule has 3 atom stereocenters. The van der Waals surface area contributed by atoms with Gasteiger partial charge in [-0.25, -0.2) is 42.7 Å². The molecule has 0 spiro atoms. The van der Waals surface area contributed by atoms with Crippen LogP contribution in [0.5, 0.6) is 0 Å². The molecule has 4 N–H and O–H groups in total. The van der Waals surface area contributed by atoms with E-state index in [4.69, 9.17) is 24.4 Å². The van der Waals surface area contributed by atoms with Crippen LogP contribution in [0.15, 0.2) is 128 Å². The van der Waals surface area contributed by atoms with Crippen molar-refractivity contribution in [2.45, 2.75) is 135 Å². The molecule has 0 amide bonds. The molecule has 32 heteroatoms. The summed E-state index contributed by atoms with van der Waals surface area (Å²) in [5.41, 5.74) is -8.34. The zero-order valence-corrected chi connectivity index (χ0v) is 58.0. The quantitative estimate of drug-likeness (QED) is 0.0314. The third-order valence-electron chi connectivity index (χ3n) is 13.8. The van der Waals surface area contributed by atoms with E-state index in [0.29, 0.717) is 16.6 Å². The van der Waals surface area contributed by atoms with E-state index >= 15 is 0 Å². The van der Waals surface area contributed by atoms with Crippen molar-refractivity contribution < 1.29 is 101 Å². The Morgan fingerprint density at radius 1 is 0.535 bits per heavy atom. The number of Topliss-reactive ketones (excluding diaryl/α,β-unsaturated/α-hetero) is 3. The Bertz CT molecular complexity index is 4430. The summed E-state index contributed by atoms with van der Waals surface area (Å²) in [7, 11) is -2.21. The molecule has 0 aliphatic carbocycles. The number of benzene rings is 6. The Morgan fingerprint density at radius 2 is 0.909 bits per heavy atom. The van der Waals surface area contributed by atoms with Crippen LogP contribution in [0.2, 0.25) is 39.3 Å². The number of aromatic amines is 1. The van der Waals surface area contributed by atoms with Gasteiger partial charge in [0.15, 0.2) is 46.0 Å². The molecule has 0 saturated heterocycles. The Kier molecular flexibility index (Phi) is 29.3. The molecule has 16 nitrogen and oxygen atoms in total. The van der Waals surface area contributed by atoms with Gasteiger partial charge in [0.25, 0.3) is 0 Å². The van der Waals surface area contributed by atoms with E-state index in [1.54, 1.807) is 24.3 Å². The van der Waals surface area contributed by atoms with Crippen LogP contribution in [-0.4, -0.2) is 100 Å². The molecule has 0 aliphatic heterocycles. The van der Waals surface area contributed by atoms with Gasteiger partial charge in [0.05, 0.1) is 85.0 Å². The zero-order chi connectivity index (χ0) is 73.0. The smallest absolute Gasteiger partial charge is 0.668 e. The molecule has 0 unspecified atom stereocenters. The number of aliphatic hydroxyl groups is 3. The molecule has 3 aromatic heterocycles. The predicted octanol–water partition coefficient (Wildman–Crippen LogP) is 14.5. The number of hydrogen-bond acceptors (Lipinski definition) is 9. The maximum atomic E-state index is 14.1. The van der Waals surface area contributed by atoms with Crippen LogP contribution in [0.25, 0.3) is 52.3 Å². The predicted molar refractivity (Wildman–Crippen MR) is 357 cm³/mol. The summed E-state index contributed by atoms with van der Waals surface area (Å²) in [5, 5.41) is 30.9. The van der Waals surface area contributed by atoms with Crippen molar-refractivity contribution in [3.63, 3.8) is 0 Å².